The van der Waals surface area contributed by atoms with Crippen molar-refractivity contribution < 1.29 is 4.79 Å². The molecule has 0 atom stereocenters. The Labute approximate surface area is 114 Å². The molecule has 0 radical (unpaired) electrons. The molecule has 1 rings (SSSR count). The van der Waals surface area contributed by atoms with Gasteiger partial charge in [-0.05, 0) is 20.3 Å². The number of hydrogen-bond donors (Lipinski definition) is 3. The fourth-order valence-corrected chi connectivity index (χ4v) is 1.52. The number of carbonyl (C=O) groups excluding carboxylic acids is 1. The van der Waals surface area contributed by atoms with Gasteiger partial charge in [-0.25, -0.2) is 4.98 Å². The Balaban J connectivity index is 2.49. The lowest BCUT2D eigenvalue weighted by molar-refractivity contribution is -0.120. The van der Waals surface area contributed by atoms with Crippen LogP contribution >= 0.6 is 0 Å². The van der Waals surface area contributed by atoms with Crippen molar-refractivity contribution in [3.05, 3.63) is 11.8 Å². The maximum atomic E-state index is 11.3. The molecule has 0 saturated carbocycles. The predicted octanol–water partition coefficient (Wildman–Crippen LogP) is 1.55. The second-order valence-electron chi connectivity index (χ2n) is 4.28. The van der Waals surface area contributed by atoms with Crippen molar-refractivity contribution in [2.75, 3.05) is 30.3 Å². The van der Waals surface area contributed by atoms with Crippen LogP contribution in [0.5, 0.6) is 0 Å². The molecule has 0 bridgehead atoms. The van der Waals surface area contributed by atoms with Crippen LogP contribution in [0, 0.1) is 6.92 Å². The fourth-order valence-electron chi connectivity index (χ4n) is 1.52. The van der Waals surface area contributed by atoms with Gasteiger partial charge < -0.3 is 16.0 Å². The number of nitrogens with zero attached hydrogens (tertiary/aromatic N) is 2. The molecule has 6 nitrogen and oxygen atoms in total. The van der Waals surface area contributed by atoms with Gasteiger partial charge in [-0.15, -0.1) is 0 Å². The minimum absolute atomic E-state index is 0.0473. The lowest BCUT2D eigenvalue weighted by atomic mass is 10.3. The van der Waals surface area contributed by atoms with Gasteiger partial charge in [0.2, 0.25) is 11.9 Å². The SMILES string of the molecule is CCCNc1ncc(C)c(NCCC(=O)NCC)n1. The number of aryl methyl sites for hydroxylation is 1. The van der Waals surface area contributed by atoms with Crippen LogP contribution in [0.4, 0.5) is 11.8 Å². The third-order valence-corrected chi connectivity index (χ3v) is 2.52. The Hall–Kier alpha value is -1.85. The van der Waals surface area contributed by atoms with E-state index in [0.717, 1.165) is 24.3 Å². The van der Waals surface area contributed by atoms with Crippen molar-refractivity contribution in [3.63, 3.8) is 0 Å². The van der Waals surface area contributed by atoms with Gasteiger partial charge in [0.25, 0.3) is 0 Å². The molecule has 0 fully saturated rings. The molecule has 0 saturated heterocycles. The van der Waals surface area contributed by atoms with Gasteiger partial charge in [-0.1, -0.05) is 6.92 Å². The number of aromatic nitrogens is 2. The molecular weight excluding hydrogens is 242 g/mol. The fraction of sp³-hybridized carbons (Fsp3) is 0.615. The molecule has 1 heterocycles. The largest absolute Gasteiger partial charge is 0.369 e. The van der Waals surface area contributed by atoms with Gasteiger partial charge >= 0.3 is 0 Å². The molecule has 0 unspecified atom stereocenters. The van der Waals surface area contributed by atoms with E-state index in [1.54, 1.807) is 6.20 Å². The van der Waals surface area contributed by atoms with Crippen molar-refractivity contribution >= 4 is 17.7 Å². The van der Waals surface area contributed by atoms with Gasteiger partial charge in [0.15, 0.2) is 0 Å². The van der Waals surface area contributed by atoms with E-state index in [1.165, 1.54) is 0 Å². The standard InChI is InChI=1S/C13H23N5O/c1-4-7-16-13-17-9-10(3)12(18-13)15-8-6-11(19)14-5-2/h9H,4-8H2,1-3H3,(H,14,19)(H2,15,16,17,18). The Morgan fingerprint density at radius 3 is 2.74 bits per heavy atom. The molecule has 19 heavy (non-hydrogen) atoms. The van der Waals surface area contributed by atoms with E-state index < -0.39 is 0 Å². The normalized spacial score (nSPS) is 10.1. The number of amides is 1. The van der Waals surface area contributed by atoms with Gasteiger partial charge in [0, 0.05) is 37.8 Å². The van der Waals surface area contributed by atoms with Gasteiger partial charge in [-0.3, -0.25) is 4.79 Å². The Morgan fingerprint density at radius 1 is 1.26 bits per heavy atom. The molecule has 6 heteroatoms. The van der Waals surface area contributed by atoms with Crippen molar-refractivity contribution in [1.82, 2.24) is 15.3 Å². The molecule has 0 aliphatic rings. The van der Waals surface area contributed by atoms with Gasteiger partial charge in [0.1, 0.15) is 5.82 Å². The van der Waals surface area contributed by atoms with E-state index in [1.807, 2.05) is 13.8 Å². The summed E-state index contributed by atoms with van der Waals surface area (Å²) in [5, 5.41) is 9.07. The van der Waals surface area contributed by atoms with Crippen LogP contribution in [0.2, 0.25) is 0 Å². The van der Waals surface area contributed by atoms with Gasteiger partial charge in [0.05, 0.1) is 0 Å². The summed E-state index contributed by atoms with van der Waals surface area (Å²) < 4.78 is 0. The topological polar surface area (TPSA) is 78.9 Å². The van der Waals surface area contributed by atoms with E-state index >= 15 is 0 Å². The Bertz CT molecular complexity index is 408. The van der Waals surface area contributed by atoms with Crippen molar-refractivity contribution in [1.29, 1.82) is 0 Å². The molecule has 3 N–H and O–H groups in total. The highest BCUT2D eigenvalue weighted by Gasteiger charge is 2.04. The number of anilines is 2. The summed E-state index contributed by atoms with van der Waals surface area (Å²) in [5.74, 6) is 1.44. The molecular formula is C13H23N5O. The molecule has 0 aliphatic carbocycles. The minimum atomic E-state index is 0.0473. The van der Waals surface area contributed by atoms with Crippen LogP contribution in [-0.2, 0) is 4.79 Å². The van der Waals surface area contributed by atoms with Crippen LogP contribution in [0.3, 0.4) is 0 Å². The maximum absolute atomic E-state index is 11.3. The summed E-state index contributed by atoms with van der Waals surface area (Å²) in [6.45, 7) is 8.02. The smallest absolute Gasteiger partial charge is 0.224 e. The Morgan fingerprint density at radius 2 is 2.05 bits per heavy atom. The third kappa shape index (κ3) is 5.54. The highest BCUT2D eigenvalue weighted by molar-refractivity contribution is 5.76. The molecule has 1 aromatic rings. The maximum Gasteiger partial charge on any atom is 0.224 e. The lowest BCUT2D eigenvalue weighted by Gasteiger charge is -2.10. The van der Waals surface area contributed by atoms with E-state index in [4.69, 9.17) is 0 Å². The first kappa shape index (κ1) is 15.2. The van der Waals surface area contributed by atoms with E-state index in [-0.39, 0.29) is 5.91 Å². The molecule has 0 aliphatic heterocycles. The molecule has 1 aromatic heterocycles. The molecule has 106 valence electrons. The first-order chi connectivity index (χ1) is 9.17. The van der Waals surface area contributed by atoms with Crippen LogP contribution in [0.15, 0.2) is 6.20 Å². The highest BCUT2D eigenvalue weighted by Crippen LogP contribution is 2.12. The van der Waals surface area contributed by atoms with Crippen LogP contribution in [0.1, 0.15) is 32.3 Å². The first-order valence-corrected chi connectivity index (χ1v) is 6.75. The third-order valence-electron chi connectivity index (χ3n) is 2.52. The van der Waals surface area contributed by atoms with Crippen molar-refractivity contribution in [2.45, 2.75) is 33.6 Å². The zero-order valence-corrected chi connectivity index (χ0v) is 11.9. The van der Waals surface area contributed by atoms with Crippen molar-refractivity contribution in [2.24, 2.45) is 0 Å². The van der Waals surface area contributed by atoms with Gasteiger partial charge in [-0.2, -0.15) is 4.98 Å². The lowest BCUT2D eigenvalue weighted by Crippen LogP contribution is -2.25. The summed E-state index contributed by atoms with van der Waals surface area (Å²) in [5.41, 5.74) is 0.970. The van der Waals surface area contributed by atoms with E-state index in [0.29, 0.717) is 25.5 Å². The zero-order chi connectivity index (χ0) is 14.1. The quantitative estimate of drug-likeness (QED) is 0.664. The summed E-state index contributed by atoms with van der Waals surface area (Å²) in [4.78, 5) is 19.9. The molecule has 1 amide bonds. The predicted molar refractivity (Wildman–Crippen MR) is 77.3 cm³/mol. The second kappa shape index (κ2) is 8.29. The van der Waals surface area contributed by atoms with Crippen LogP contribution in [-0.4, -0.2) is 35.5 Å². The Kier molecular flexibility index (Phi) is 6.63. The summed E-state index contributed by atoms with van der Waals surface area (Å²) >= 11 is 0. The average molecular weight is 265 g/mol. The zero-order valence-electron chi connectivity index (χ0n) is 11.9. The van der Waals surface area contributed by atoms with Crippen LogP contribution in [0.25, 0.3) is 0 Å². The van der Waals surface area contributed by atoms with E-state index in [9.17, 15) is 4.79 Å². The first-order valence-electron chi connectivity index (χ1n) is 6.75. The number of hydrogen-bond acceptors (Lipinski definition) is 5. The minimum Gasteiger partial charge on any atom is -0.369 e. The average Bonchev–Trinajstić information content (AvgIpc) is 2.39. The monoisotopic (exact) mass is 265 g/mol. The summed E-state index contributed by atoms with van der Waals surface area (Å²) in [7, 11) is 0. The highest BCUT2D eigenvalue weighted by atomic mass is 16.1. The molecule has 0 spiro atoms. The second-order valence-corrected chi connectivity index (χ2v) is 4.28. The number of nitrogens with one attached hydrogen (secondary N) is 3. The van der Waals surface area contributed by atoms with Crippen molar-refractivity contribution in [3.8, 4) is 0 Å². The molecule has 0 aromatic carbocycles. The summed E-state index contributed by atoms with van der Waals surface area (Å²) in [6, 6.07) is 0. The van der Waals surface area contributed by atoms with Crippen LogP contribution < -0.4 is 16.0 Å². The number of carbonyl (C=O) groups is 1. The summed E-state index contributed by atoms with van der Waals surface area (Å²) in [6.07, 6.45) is 3.24. The van der Waals surface area contributed by atoms with E-state index in [2.05, 4.69) is 32.8 Å². The number of rotatable bonds is 8.